The zero-order valence-electron chi connectivity index (χ0n) is 11.4. The zero-order valence-corrected chi connectivity index (χ0v) is 13.9. The lowest BCUT2D eigenvalue weighted by Crippen LogP contribution is -2.16. The molecule has 1 aromatic rings. The van der Waals surface area contributed by atoms with Crippen LogP contribution >= 0.6 is 28.7 Å². The van der Waals surface area contributed by atoms with Gasteiger partial charge in [0.1, 0.15) is 0 Å². The Kier molecular flexibility index (Phi) is 5.66. The monoisotopic (exact) mass is 353 g/mol. The van der Waals surface area contributed by atoms with Gasteiger partial charge in [-0.2, -0.15) is 5.10 Å². The lowest BCUT2D eigenvalue weighted by atomic mass is 9.84. The van der Waals surface area contributed by atoms with Gasteiger partial charge < -0.3 is 5.73 Å². The van der Waals surface area contributed by atoms with E-state index in [1.165, 1.54) is 43.2 Å². The molecule has 0 amide bonds. The molecular weight excluding hydrogens is 334 g/mol. The SMILES string of the molecule is Br.NC1=NN=C(c2ccc(C3CCCCC3)cc2)CS1. The van der Waals surface area contributed by atoms with Crippen LogP contribution in [-0.4, -0.2) is 16.6 Å². The van der Waals surface area contributed by atoms with Gasteiger partial charge in [-0.15, -0.1) is 22.1 Å². The van der Waals surface area contributed by atoms with Crippen LogP contribution in [-0.2, 0) is 0 Å². The lowest BCUT2D eigenvalue weighted by Gasteiger charge is -2.22. The number of nitrogens with zero attached hydrogens (tertiary/aromatic N) is 2. The first-order valence-corrected chi connectivity index (χ1v) is 7.94. The Hall–Kier alpha value is -0.810. The van der Waals surface area contributed by atoms with Crippen molar-refractivity contribution >= 4 is 39.6 Å². The van der Waals surface area contributed by atoms with Gasteiger partial charge in [-0.1, -0.05) is 55.3 Å². The fraction of sp³-hybridized carbons (Fsp3) is 0.467. The van der Waals surface area contributed by atoms with Crippen molar-refractivity contribution in [2.75, 3.05) is 5.75 Å². The third kappa shape index (κ3) is 3.64. The average molecular weight is 354 g/mol. The van der Waals surface area contributed by atoms with Gasteiger partial charge in [0.05, 0.1) is 5.71 Å². The molecule has 5 heteroatoms. The number of halogens is 1. The van der Waals surface area contributed by atoms with Crippen molar-refractivity contribution in [1.29, 1.82) is 0 Å². The maximum atomic E-state index is 5.60. The highest BCUT2D eigenvalue weighted by Gasteiger charge is 2.16. The van der Waals surface area contributed by atoms with Crippen molar-refractivity contribution in [2.24, 2.45) is 15.9 Å². The Morgan fingerprint density at radius 3 is 2.30 bits per heavy atom. The molecule has 1 aromatic carbocycles. The second-order valence-corrected chi connectivity index (χ2v) is 6.23. The third-order valence-corrected chi connectivity index (χ3v) is 4.74. The van der Waals surface area contributed by atoms with Crippen LogP contribution in [0.25, 0.3) is 0 Å². The van der Waals surface area contributed by atoms with Gasteiger partial charge in [0.15, 0.2) is 5.17 Å². The average Bonchev–Trinajstić information content (AvgIpc) is 2.49. The van der Waals surface area contributed by atoms with E-state index in [1.54, 1.807) is 11.8 Å². The number of nitrogens with two attached hydrogens (primary N) is 1. The van der Waals surface area contributed by atoms with Gasteiger partial charge in [0.2, 0.25) is 0 Å². The molecule has 3 nitrogen and oxygen atoms in total. The molecule has 1 aliphatic carbocycles. The van der Waals surface area contributed by atoms with E-state index < -0.39 is 0 Å². The highest BCUT2D eigenvalue weighted by atomic mass is 79.9. The summed E-state index contributed by atoms with van der Waals surface area (Å²) in [5.74, 6) is 1.58. The summed E-state index contributed by atoms with van der Waals surface area (Å²) >= 11 is 1.55. The predicted octanol–water partition coefficient (Wildman–Crippen LogP) is 4.08. The molecule has 0 spiro atoms. The smallest absolute Gasteiger partial charge is 0.180 e. The van der Waals surface area contributed by atoms with E-state index in [0.29, 0.717) is 5.17 Å². The summed E-state index contributed by atoms with van der Waals surface area (Å²) < 4.78 is 0. The summed E-state index contributed by atoms with van der Waals surface area (Å²) in [7, 11) is 0. The van der Waals surface area contributed by atoms with Gasteiger partial charge in [-0.05, 0) is 29.9 Å². The maximum Gasteiger partial charge on any atom is 0.180 e. The van der Waals surface area contributed by atoms with Crippen molar-refractivity contribution in [3.05, 3.63) is 35.4 Å². The Labute approximate surface area is 134 Å². The van der Waals surface area contributed by atoms with E-state index in [4.69, 9.17) is 5.73 Å². The van der Waals surface area contributed by atoms with E-state index in [9.17, 15) is 0 Å². The maximum absolute atomic E-state index is 5.60. The van der Waals surface area contributed by atoms with Crippen molar-refractivity contribution in [1.82, 2.24) is 0 Å². The number of thioether (sulfide) groups is 1. The molecule has 0 bridgehead atoms. The minimum absolute atomic E-state index is 0. The Balaban J connectivity index is 0.00000147. The predicted molar refractivity (Wildman–Crippen MR) is 93.2 cm³/mol. The largest absolute Gasteiger partial charge is 0.377 e. The van der Waals surface area contributed by atoms with Gasteiger partial charge in [-0.25, -0.2) is 0 Å². The lowest BCUT2D eigenvalue weighted by molar-refractivity contribution is 0.443. The van der Waals surface area contributed by atoms with Crippen LogP contribution in [0.15, 0.2) is 34.5 Å². The van der Waals surface area contributed by atoms with E-state index >= 15 is 0 Å². The molecule has 0 saturated heterocycles. The van der Waals surface area contributed by atoms with Crippen LogP contribution < -0.4 is 5.73 Å². The molecular formula is C15H20BrN3S. The Bertz CT molecular complexity index is 504. The normalized spacial score (nSPS) is 19.8. The van der Waals surface area contributed by atoms with Crippen molar-refractivity contribution < 1.29 is 0 Å². The molecule has 0 radical (unpaired) electrons. The molecule has 0 aromatic heterocycles. The molecule has 1 saturated carbocycles. The first-order chi connectivity index (χ1) is 9.33. The van der Waals surface area contributed by atoms with Crippen molar-refractivity contribution in [3.63, 3.8) is 0 Å². The molecule has 2 N–H and O–H groups in total. The van der Waals surface area contributed by atoms with Crippen LogP contribution in [0.1, 0.15) is 49.1 Å². The molecule has 1 aliphatic heterocycles. The van der Waals surface area contributed by atoms with E-state index in [1.807, 2.05) is 0 Å². The minimum Gasteiger partial charge on any atom is -0.377 e. The molecule has 3 rings (SSSR count). The molecule has 0 unspecified atom stereocenters. The van der Waals surface area contributed by atoms with Crippen LogP contribution in [0.3, 0.4) is 0 Å². The summed E-state index contributed by atoms with van der Waals surface area (Å²) in [6.45, 7) is 0. The molecule has 1 heterocycles. The molecule has 20 heavy (non-hydrogen) atoms. The standard InChI is InChI=1S/C15H19N3S.BrH/c16-15-18-17-14(10-19-15)13-8-6-12(7-9-13)11-4-2-1-3-5-11;/h6-9,11H,1-5,10H2,(H2,16,18);1H. The highest BCUT2D eigenvalue weighted by molar-refractivity contribution is 8.93. The summed E-state index contributed by atoms with van der Waals surface area (Å²) in [5, 5.41) is 8.68. The van der Waals surface area contributed by atoms with Gasteiger partial charge in [0, 0.05) is 5.75 Å². The number of hydrogen-bond acceptors (Lipinski definition) is 4. The third-order valence-electron chi connectivity index (χ3n) is 3.95. The van der Waals surface area contributed by atoms with E-state index in [0.717, 1.165) is 17.4 Å². The minimum atomic E-state index is 0. The van der Waals surface area contributed by atoms with Crippen LogP contribution in [0, 0.1) is 0 Å². The second kappa shape index (κ2) is 7.27. The Morgan fingerprint density at radius 2 is 1.70 bits per heavy atom. The number of benzene rings is 1. The summed E-state index contributed by atoms with van der Waals surface area (Å²) in [5.41, 5.74) is 9.28. The van der Waals surface area contributed by atoms with Crippen molar-refractivity contribution in [2.45, 2.75) is 38.0 Å². The number of amidine groups is 1. The van der Waals surface area contributed by atoms with Gasteiger partial charge >= 0.3 is 0 Å². The fourth-order valence-electron chi connectivity index (χ4n) is 2.83. The van der Waals surface area contributed by atoms with Crippen LogP contribution in [0.4, 0.5) is 0 Å². The summed E-state index contributed by atoms with van der Waals surface area (Å²) in [6, 6.07) is 8.89. The van der Waals surface area contributed by atoms with Crippen LogP contribution in [0.5, 0.6) is 0 Å². The Morgan fingerprint density at radius 1 is 1.00 bits per heavy atom. The molecule has 108 valence electrons. The topological polar surface area (TPSA) is 50.7 Å². The number of hydrogen-bond donors (Lipinski definition) is 1. The molecule has 0 atom stereocenters. The molecule has 1 fully saturated rings. The first-order valence-electron chi connectivity index (χ1n) is 6.96. The van der Waals surface area contributed by atoms with Crippen LogP contribution in [0.2, 0.25) is 0 Å². The number of rotatable bonds is 2. The quantitative estimate of drug-likeness (QED) is 0.870. The first kappa shape index (κ1) is 15.6. The summed E-state index contributed by atoms with van der Waals surface area (Å²) in [4.78, 5) is 0. The van der Waals surface area contributed by atoms with Crippen molar-refractivity contribution in [3.8, 4) is 0 Å². The zero-order chi connectivity index (χ0) is 13.1. The van der Waals surface area contributed by atoms with E-state index in [2.05, 4.69) is 34.5 Å². The highest BCUT2D eigenvalue weighted by Crippen LogP contribution is 2.32. The van der Waals surface area contributed by atoms with Gasteiger partial charge in [0.25, 0.3) is 0 Å². The van der Waals surface area contributed by atoms with E-state index in [-0.39, 0.29) is 17.0 Å². The summed E-state index contributed by atoms with van der Waals surface area (Å²) in [6.07, 6.45) is 6.85. The van der Waals surface area contributed by atoms with Gasteiger partial charge in [-0.3, -0.25) is 0 Å². The second-order valence-electron chi connectivity index (χ2n) is 5.23. The molecule has 2 aliphatic rings. The fourth-order valence-corrected chi connectivity index (χ4v) is 3.44.